The number of halogens is 3. The standard InChI is InChI=1S/C28H34Cl2FN3O5S/c1-14-19(26(35)32-11-20-22(40-4)10-23(30)33-27(20)36)9-21(29)25-24(14)38-28(3,39-25)16-5-7-17(8-6-16)34-12-18(13-34)37-15(2)31/h9-10,15-18H,5-8,11-13H2,1-4H3,(H,32,35)(H,33,36). The Morgan fingerprint density at radius 3 is 2.58 bits per heavy atom. The van der Waals surface area contributed by atoms with Crippen LogP contribution in [0.15, 0.2) is 21.8 Å². The van der Waals surface area contributed by atoms with Crippen LogP contribution >= 0.6 is 35.0 Å². The Morgan fingerprint density at radius 1 is 1.25 bits per heavy atom. The molecule has 3 heterocycles. The minimum Gasteiger partial charge on any atom is -0.448 e. The molecule has 0 radical (unpaired) electrons. The van der Waals surface area contributed by atoms with Gasteiger partial charge in [-0.25, -0.2) is 4.39 Å². The molecule has 2 N–H and O–H groups in total. The van der Waals surface area contributed by atoms with E-state index in [0.29, 0.717) is 44.1 Å². The van der Waals surface area contributed by atoms with Crippen LogP contribution in [0, 0.1) is 12.8 Å². The van der Waals surface area contributed by atoms with Crippen LogP contribution < -0.4 is 20.3 Å². The molecule has 12 heteroatoms. The van der Waals surface area contributed by atoms with Gasteiger partial charge in [0.25, 0.3) is 17.3 Å². The van der Waals surface area contributed by atoms with Crippen molar-refractivity contribution >= 4 is 40.9 Å². The highest BCUT2D eigenvalue weighted by Gasteiger charge is 2.48. The van der Waals surface area contributed by atoms with Crippen LogP contribution in [-0.4, -0.2) is 59.4 Å². The van der Waals surface area contributed by atoms with Crippen molar-refractivity contribution in [1.82, 2.24) is 15.2 Å². The molecule has 2 aliphatic heterocycles. The molecule has 2 aromatic rings. The first kappa shape index (κ1) is 29.5. The van der Waals surface area contributed by atoms with Crippen molar-refractivity contribution in [3.63, 3.8) is 0 Å². The third kappa shape index (κ3) is 5.83. The van der Waals surface area contributed by atoms with E-state index in [1.807, 2.05) is 13.2 Å². The number of nitrogens with zero attached hydrogens (tertiary/aromatic N) is 1. The molecule has 1 aromatic carbocycles. The van der Waals surface area contributed by atoms with Gasteiger partial charge >= 0.3 is 0 Å². The number of nitrogens with one attached hydrogen (secondary N) is 2. The maximum absolute atomic E-state index is 13.2. The monoisotopic (exact) mass is 613 g/mol. The number of fused-ring (bicyclic) bond motifs is 1. The minimum atomic E-state index is -1.23. The normalized spacial score (nSPS) is 25.5. The number of benzene rings is 1. The van der Waals surface area contributed by atoms with Crippen molar-refractivity contribution in [2.75, 3.05) is 19.3 Å². The average Bonchev–Trinajstić information content (AvgIpc) is 3.26. The van der Waals surface area contributed by atoms with Crippen molar-refractivity contribution in [3.05, 3.63) is 49.4 Å². The highest BCUT2D eigenvalue weighted by Crippen LogP contribution is 2.52. The Morgan fingerprint density at radius 2 is 1.93 bits per heavy atom. The van der Waals surface area contributed by atoms with Gasteiger partial charge < -0.3 is 24.5 Å². The number of carbonyl (C=O) groups is 1. The molecule has 0 bridgehead atoms. The van der Waals surface area contributed by atoms with Crippen LogP contribution in [0.25, 0.3) is 0 Å². The Hall–Kier alpha value is -1.98. The Bertz CT molecular complexity index is 1340. The van der Waals surface area contributed by atoms with Crippen molar-refractivity contribution in [2.45, 2.75) is 82.2 Å². The molecule has 218 valence electrons. The summed E-state index contributed by atoms with van der Waals surface area (Å²) in [6.45, 7) is 6.72. The van der Waals surface area contributed by atoms with Gasteiger partial charge in [-0.2, -0.15) is 0 Å². The molecule has 5 rings (SSSR count). The van der Waals surface area contributed by atoms with E-state index in [4.69, 9.17) is 37.4 Å². The summed E-state index contributed by atoms with van der Waals surface area (Å²) in [5, 5.41) is 3.37. The van der Waals surface area contributed by atoms with E-state index in [9.17, 15) is 14.0 Å². The lowest BCUT2D eigenvalue weighted by Gasteiger charge is -2.47. The zero-order chi connectivity index (χ0) is 28.8. The summed E-state index contributed by atoms with van der Waals surface area (Å²) in [6.07, 6.45) is 4.38. The van der Waals surface area contributed by atoms with E-state index in [1.54, 1.807) is 19.1 Å². The van der Waals surface area contributed by atoms with Crippen LogP contribution in [0.1, 0.15) is 61.0 Å². The molecule has 0 spiro atoms. The number of aromatic amines is 1. The van der Waals surface area contributed by atoms with Gasteiger partial charge in [-0.15, -0.1) is 11.8 Å². The lowest BCUT2D eigenvalue weighted by atomic mass is 9.80. The van der Waals surface area contributed by atoms with Gasteiger partial charge in [-0.3, -0.25) is 14.5 Å². The van der Waals surface area contributed by atoms with Gasteiger partial charge in [-0.1, -0.05) is 23.2 Å². The average molecular weight is 615 g/mol. The molecule has 2 atom stereocenters. The Balaban J connectivity index is 1.23. The van der Waals surface area contributed by atoms with Gasteiger partial charge in [0.05, 0.1) is 16.7 Å². The number of likely N-dealkylation sites (tertiary alicyclic amines) is 1. The van der Waals surface area contributed by atoms with Gasteiger partial charge in [0, 0.05) is 54.5 Å². The number of rotatable bonds is 8. The van der Waals surface area contributed by atoms with E-state index in [-0.39, 0.29) is 35.2 Å². The zero-order valence-electron chi connectivity index (χ0n) is 22.9. The predicted octanol–water partition coefficient (Wildman–Crippen LogP) is 5.70. The molecule has 1 saturated carbocycles. The third-order valence-corrected chi connectivity index (χ3v) is 9.50. The zero-order valence-corrected chi connectivity index (χ0v) is 25.3. The highest BCUT2D eigenvalue weighted by atomic mass is 35.5. The van der Waals surface area contributed by atoms with Crippen LogP contribution in [0.4, 0.5) is 4.39 Å². The summed E-state index contributed by atoms with van der Waals surface area (Å²) < 4.78 is 31.1. The number of pyridine rings is 1. The van der Waals surface area contributed by atoms with Crippen molar-refractivity contribution in [2.24, 2.45) is 5.92 Å². The summed E-state index contributed by atoms with van der Waals surface area (Å²) in [7, 11) is 0. The lowest BCUT2D eigenvalue weighted by Crippen LogP contribution is -2.58. The predicted molar refractivity (Wildman–Crippen MR) is 154 cm³/mol. The molecular weight excluding hydrogens is 580 g/mol. The second-order valence-electron chi connectivity index (χ2n) is 10.8. The first-order chi connectivity index (χ1) is 19.0. The van der Waals surface area contributed by atoms with Crippen LogP contribution in [0.2, 0.25) is 10.2 Å². The molecule has 1 aromatic heterocycles. The summed E-state index contributed by atoms with van der Waals surface area (Å²) >= 11 is 13.9. The number of ether oxygens (including phenoxy) is 3. The van der Waals surface area contributed by atoms with Crippen LogP contribution in [0.5, 0.6) is 11.5 Å². The number of hydrogen-bond donors (Lipinski definition) is 2. The van der Waals surface area contributed by atoms with Crippen molar-refractivity contribution in [1.29, 1.82) is 0 Å². The van der Waals surface area contributed by atoms with E-state index < -0.39 is 12.1 Å². The van der Waals surface area contributed by atoms with Gasteiger partial charge in [0.1, 0.15) is 5.15 Å². The number of hydrogen-bond acceptors (Lipinski definition) is 7. The van der Waals surface area contributed by atoms with E-state index >= 15 is 0 Å². The smallest absolute Gasteiger partial charge is 0.255 e. The molecule has 2 fully saturated rings. The van der Waals surface area contributed by atoms with Gasteiger partial charge in [0.2, 0.25) is 0 Å². The summed E-state index contributed by atoms with van der Waals surface area (Å²) in [5.41, 5.74) is 1.06. The number of aromatic nitrogens is 1. The van der Waals surface area contributed by atoms with Gasteiger partial charge in [0.15, 0.2) is 17.9 Å². The third-order valence-electron chi connectivity index (χ3n) is 8.21. The van der Waals surface area contributed by atoms with Crippen LogP contribution in [0.3, 0.4) is 0 Å². The van der Waals surface area contributed by atoms with Crippen molar-refractivity contribution in [3.8, 4) is 11.5 Å². The molecular formula is C28H34Cl2FN3O5S. The fourth-order valence-corrected chi connectivity index (χ4v) is 7.12. The number of thioether (sulfide) groups is 1. The number of alkyl halides is 1. The second kappa shape index (κ2) is 11.7. The van der Waals surface area contributed by atoms with E-state index in [2.05, 4.69) is 15.2 Å². The Labute approximate surface area is 247 Å². The Kier molecular flexibility index (Phi) is 8.65. The fourth-order valence-electron chi connectivity index (χ4n) is 5.98. The SMILES string of the molecule is CSc1cc(Cl)[nH]c(=O)c1CNC(=O)c1cc(Cl)c2c(c1C)OC(C)(C1CCC(N3CC(OC(C)F)C3)CC1)O2. The first-order valence-electron chi connectivity index (χ1n) is 13.5. The highest BCUT2D eigenvalue weighted by molar-refractivity contribution is 7.98. The van der Waals surface area contributed by atoms with Crippen LogP contribution in [-0.2, 0) is 11.3 Å². The molecule has 40 heavy (non-hydrogen) atoms. The van der Waals surface area contributed by atoms with E-state index in [0.717, 1.165) is 38.8 Å². The molecule has 8 nitrogen and oxygen atoms in total. The number of amides is 1. The molecule has 2 unspecified atom stereocenters. The molecule has 1 amide bonds. The topological polar surface area (TPSA) is 92.9 Å². The lowest BCUT2D eigenvalue weighted by molar-refractivity contribution is -0.152. The maximum atomic E-state index is 13.2. The minimum absolute atomic E-state index is 0.0257. The molecule has 3 aliphatic rings. The summed E-state index contributed by atoms with van der Waals surface area (Å²) in [4.78, 5) is 31.2. The molecule has 1 saturated heterocycles. The van der Waals surface area contributed by atoms with E-state index in [1.165, 1.54) is 18.7 Å². The second-order valence-corrected chi connectivity index (χ2v) is 12.5. The quantitative estimate of drug-likeness (QED) is 0.291. The fraction of sp³-hybridized carbons (Fsp3) is 0.571. The van der Waals surface area contributed by atoms with Crippen molar-refractivity contribution < 1.29 is 23.4 Å². The number of carbonyl (C=O) groups excluding carboxylic acids is 1. The largest absolute Gasteiger partial charge is 0.448 e. The number of H-pyrrole nitrogens is 1. The summed E-state index contributed by atoms with van der Waals surface area (Å²) in [5.74, 6) is -0.211. The first-order valence-corrected chi connectivity index (χ1v) is 15.5. The van der Waals surface area contributed by atoms with Gasteiger partial charge in [-0.05, 0) is 57.9 Å². The summed E-state index contributed by atoms with van der Waals surface area (Å²) in [6, 6.07) is 3.69. The molecule has 1 aliphatic carbocycles. The maximum Gasteiger partial charge on any atom is 0.255 e.